The van der Waals surface area contributed by atoms with Gasteiger partial charge >= 0.3 is 5.97 Å². The Morgan fingerprint density at radius 3 is 2.17 bits per heavy atom. The summed E-state index contributed by atoms with van der Waals surface area (Å²) in [6, 6.07) is 0. The van der Waals surface area contributed by atoms with Crippen molar-refractivity contribution >= 4 is 23.8 Å². The maximum absolute atomic E-state index is 11.5. The minimum Gasteiger partial charge on any atom is -0.423 e. The molecule has 1 aromatic rings. The van der Waals surface area contributed by atoms with Crippen molar-refractivity contribution in [2.45, 2.75) is 46.5 Å². The summed E-state index contributed by atoms with van der Waals surface area (Å²) < 4.78 is 7.42. The summed E-state index contributed by atoms with van der Waals surface area (Å²) in [5.41, 5.74) is 5.72. The summed E-state index contributed by atoms with van der Waals surface area (Å²) in [6.07, 6.45) is 18.1. The highest BCUT2D eigenvalue weighted by molar-refractivity contribution is 5.82. The average molecular weight is 392 g/mol. The number of aromatic nitrogens is 1. The lowest BCUT2D eigenvalue weighted by Crippen LogP contribution is -2.05. The van der Waals surface area contributed by atoms with Crippen molar-refractivity contribution < 1.29 is 9.53 Å². The zero-order valence-corrected chi connectivity index (χ0v) is 18.0. The maximum atomic E-state index is 11.5. The number of hydrogen-bond donors (Lipinski definition) is 0. The number of carbonyl (C=O) groups excluding carboxylic acids is 1. The first-order chi connectivity index (χ1) is 14.0. The number of carbonyl (C=O) groups is 1. The number of allylic oxidation sites excluding steroid dienone is 6. The predicted molar refractivity (Wildman–Crippen MR) is 126 cm³/mol. The van der Waals surface area contributed by atoms with E-state index in [1.807, 2.05) is 25.2 Å². The van der Waals surface area contributed by atoms with E-state index in [1.165, 1.54) is 17.3 Å². The summed E-state index contributed by atoms with van der Waals surface area (Å²) >= 11 is 0. The van der Waals surface area contributed by atoms with Crippen LogP contribution in [0.25, 0.3) is 17.8 Å². The molecular weight excluding hydrogens is 358 g/mol. The first-order valence-electron chi connectivity index (χ1n) is 10.1. The van der Waals surface area contributed by atoms with E-state index in [0.717, 1.165) is 48.7 Å². The standard InChI is InChI=1S/C26H33NO2/c1-8-15-23-22(13-6)24(16-9-2)27(25(23)17-10-3)20(11-4)18-19-21(12-5)29-26(28)14-7/h9,11-14,16,18-19H,4-8,10,15,17H2,1-3H3/b16-9-,20-18+,21-19+. The first kappa shape index (κ1) is 24.0. The predicted octanol–water partition coefficient (Wildman–Crippen LogP) is 6.90. The van der Waals surface area contributed by atoms with Gasteiger partial charge in [0.15, 0.2) is 0 Å². The summed E-state index contributed by atoms with van der Waals surface area (Å²) in [7, 11) is 0. The van der Waals surface area contributed by atoms with Gasteiger partial charge in [0.05, 0.1) is 5.69 Å². The van der Waals surface area contributed by atoms with Crippen LogP contribution in [0.4, 0.5) is 0 Å². The molecule has 0 aliphatic carbocycles. The smallest absolute Gasteiger partial charge is 0.335 e. The van der Waals surface area contributed by atoms with Gasteiger partial charge in [-0.25, -0.2) is 4.79 Å². The molecular formula is C26H33NO2. The second-order valence-corrected chi connectivity index (χ2v) is 6.46. The quantitative estimate of drug-likeness (QED) is 0.168. The van der Waals surface area contributed by atoms with Crippen LogP contribution in [0.3, 0.4) is 0 Å². The fourth-order valence-electron chi connectivity index (χ4n) is 3.29. The Hall–Kier alpha value is -3.07. The molecule has 0 aromatic carbocycles. The van der Waals surface area contributed by atoms with Gasteiger partial charge in [-0.1, -0.05) is 65.2 Å². The van der Waals surface area contributed by atoms with Crippen LogP contribution in [-0.4, -0.2) is 10.5 Å². The van der Waals surface area contributed by atoms with Gasteiger partial charge in [0.25, 0.3) is 0 Å². The molecule has 0 fully saturated rings. The Kier molecular flexibility index (Phi) is 10.2. The zero-order chi connectivity index (χ0) is 21.8. The highest BCUT2D eigenvalue weighted by atomic mass is 16.5. The fourth-order valence-corrected chi connectivity index (χ4v) is 3.29. The molecule has 0 radical (unpaired) electrons. The molecule has 0 spiro atoms. The molecule has 3 heteroatoms. The van der Waals surface area contributed by atoms with E-state index in [9.17, 15) is 4.79 Å². The van der Waals surface area contributed by atoms with E-state index in [0.29, 0.717) is 5.76 Å². The Bertz CT molecular complexity index is 860. The molecule has 0 N–H and O–H groups in total. The van der Waals surface area contributed by atoms with Gasteiger partial charge in [-0.3, -0.25) is 0 Å². The van der Waals surface area contributed by atoms with Crippen molar-refractivity contribution in [1.82, 2.24) is 4.57 Å². The Labute approximate surface area is 175 Å². The van der Waals surface area contributed by atoms with Crippen LogP contribution >= 0.6 is 0 Å². The van der Waals surface area contributed by atoms with Crippen LogP contribution in [0.5, 0.6) is 0 Å². The Morgan fingerprint density at radius 2 is 1.69 bits per heavy atom. The number of ether oxygens (including phenoxy) is 1. The minimum absolute atomic E-state index is 0.351. The second-order valence-electron chi connectivity index (χ2n) is 6.46. The number of hydrogen-bond acceptors (Lipinski definition) is 2. The lowest BCUT2D eigenvalue weighted by Gasteiger charge is -2.14. The summed E-state index contributed by atoms with van der Waals surface area (Å²) in [6.45, 7) is 21.6. The Morgan fingerprint density at radius 1 is 1.00 bits per heavy atom. The zero-order valence-electron chi connectivity index (χ0n) is 18.0. The normalized spacial score (nSPS) is 12.1. The van der Waals surface area contributed by atoms with Gasteiger partial charge in [-0.15, -0.1) is 0 Å². The molecule has 29 heavy (non-hydrogen) atoms. The van der Waals surface area contributed by atoms with Gasteiger partial charge in [0.1, 0.15) is 5.76 Å². The Balaban J connectivity index is 3.75. The lowest BCUT2D eigenvalue weighted by molar-refractivity contribution is -0.133. The van der Waals surface area contributed by atoms with E-state index in [-0.39, 0.29) is 0 Å². The third-order valence-corrected chi connectivity index (χ3v) is 4.45. The lowest BCUT2D eigenvalue weighted by atomic mass is 10.0. The minimum atomic E-state index is -0.522. The van der Waals surface area contributed by atoms with Crippen LogP contribution < -0.4 is 0 Å². The molecule has 0 aliphatic heterocycles. The highest BCUT2D eigenvalue weighted by Crippen LogP contribution is 2.31. The maximum Gasteiger partial charge on any atom is 0.335 e. The molecule has 0 amide bonds. The highest BCUT2D eigenvalue weighted by Gasteiger charge is 2.19. The molecule has 0 aliphatic rings. The van der Waals surface area contributed by atoms with Gasteiger partial charge in [0, 0.05) is 23.0 Å². The van der Waals surface area contributed by atoms with Crippen LogP contribution in [0.2, 0.25) is 0 Å². The molecule has 3 nitrogen and oxygen atoms in total. The number of nitrogens with zero attached hydrogens (tertiary/aromatic N) is 1. The number of rotatable bonds is 12. The van der Waals surface area contributed by atoms with Gasteiger partial charge in [-0.05, 0) is 55.7 Å². The largest absolute Gasteiger partial charge is 0.423 e. The van der Waals surface area contributed by atoms with Gasteiger partial charge in [0.2, 0.25) is 0 Å². The van der Waals surface area contributed by atoms with E-state index in [4.69, 9.17) is 4.74 Å². The van der Waals surface area contributed by atoms with Crippen molar-refractivity contribution in [2.75, 3.05) is 0 Å². The summed E-state index contributed by atoms with van der Waals surface area (Å²) in [5.74, 6) is -0.171. The molecule has 0 bridgehead atoms. The summed E-state index contributed by atoms with van der Waals surface area (Å²) in [5, 5.41) is 0. The average Bonchev–Trinajstić information content (AvgIpc) is 3.00. The van der Waals surface area contributed by atoms with Crippen molar-refractivity contribution in [3.63, 3.8) is 0 Å². The van der Waals surface area contributed by atoms with E-state index < -0.39 is 5.97 Å². The molecule has 0 saturated carbocycles. The fraction of sp³-hybridized carbons (Fsp3) is 0.269. The van der Waals surface area contributed by atoms with E-state index >= 15 is 0 Å². The van der Waals surface area contributed by atoms with Crippen LogP contribution in [0.15, 0.2) is 68.5 Å². The van der Waals surface area contributed by atoms with Crippen LogP contribution in [0, 0.1) is 0 Å². The molecule has 1 aromatic heterocycles. The SMILES string of the molecule is C=CC(=O)O/C(C=C)=C/C=C(\C=C)n1c(/C=C\C)c(C=C)c(CCC)c1CCC. The third-order valence-electron chi connectivity index (χ3n) is 4.45. The van der Waals surface area contributed by atoms with E-state index in [2.05, 4.69) is 50.8 Å². The third kappa shape index (κ3) is 5.95. The van der Waals surface area contributed by atoms with Gasteiger partial charge < -0.3 is 9.30 Å². The molecule has 0 saturated heterocycles. The van der Waals surface area contributed by atoms with Crippen molar-refractivity contribution in [2.24, 2.45) is 0 Å². The van der Waals surface area contributed by atoms with Crippen molar-refractivity contribution in [1.29, 1.82) is 0 Å². The monoisotopic (exact) mass is 391 g/mol. The van der Waals surface area contributed by atoms with Crippen LogP contribution in [-0.2, 0) is 22.4 Å². The van der Waals surface area contributed by atoms with Crippen LogP contribution in [0.1, 0.15) is 56.1 Å². The molecule has 0 atom stereocenters. The molecule has 1 rings (SSSR count). The van der Waals surface area contributed by atoms with E-state index in [1.54, 1.807) is 12.2 Å². The molecule has 154 valence electrons. The molecule has 0 unspecified atom stereocenters. The summed E-state index contributed by atoms with van der Waals surface area (Å²) in [4.78, 5) is 11.5. The second kappa shape index (κ2) is 12.4. The topological polar surface area (TPSA) is 31.2 Å². The molecule has 1 heterocycles. The van der Waals surface area contributed by atoms with Gasteiger partial charge in [-0.2, -0.15) is 0 Å². The number of esters is 1. The van der Waals surface area contributed by atoms with Crippen molar-refractivity contribution in [3.8, 4) is 0 Å². The first-order valence-corrected chi connectivity index (χ1v) is 10.1. The van der Waals surface area contributed by atoms with Crippen molar-refractivity contribution in [3.05, 3.63) is 91.0 Å².